The van der Waals surface area contributed by atoms with Crippen LogP contribution in [0.25, 0.3) is 0 Å². The van der Waals surface area contributed by atoms with Crippen molar-refractivity contribution in [1.82, 2.24) is 5.32 Å². The third kappa shape index (κ3) is 32.0. The molecule has 14 nitrogen and oxygen atoms in total. The number of esters is 2. The molecular weight excluding hydrogens is 817 g/mol. The third-order valence-corrected chi connectivity index (χ3v) is 12.0. The zero-order valence-corrected chi connectivity index (χ0v) is 39.5. The Kier molecular flexibility index (Phi) is 36.3. The van der Waals surface area contributed by atoms with Crippen molar-refractivity contribution in [2.24, 2.45) is 0 Å². The number of hydrogen-bond acceptors (Lipinski definition) is 13. The van der Waals surface area contributed by atoms with Gasteiger partial charge in [-0.2, -0.15) is 0 Å². The van der Waals surface area contributed by atoms with Gasteiger partial charge in [0.2, 0.25) is 5.79 Å². The smallest absolute Gasteiger partial charge is 0.462 e. The fourth-order valence-electron chi connectivity index (χ4n) is 7.06. The van der Waals surface area contributed by atoms with Crippen LogP contribution in [0.1, 0.15) is 194 Å². The molecule has 0 aliphatic carbocycles. The number of ether oxygens (including phenoxy) is 3. The molecule has 1 rings (SSSR count). The van der Waals surface area contributed by atoms with Crippen LogP contribution in [0.4, 0.5) is 0 Å². The number of aliphatic hydroxyl groups is 4. The first-order valence-corrected chi connectivity index (χ1v) is 25.8. The van der Waals surface area contributed by atoms with E-state index in [2.05, 4.69) is 43.5 Å². The summed E-state index contributed by atoms with van der Waals surface area (Å²) in [6.07, 6.45) is 33.2. The summed E-state index contributed by atoms with van der Waals surface area (Å²) < 4.78 is 38.8. The van der Waals surface area contributed by atoms with Gasteiger partial charge in [0, 0.05) is 19.4 Å². The molecule has 1 unspecified atom stereocenters. The molecule has 62 heavy (non-hydrogen) atoms. The molecule has 6 atom stereocenters. The second-order valence-electron chi connectivity index (χ2n) is 16.9. The second-order valence-corrected chi connectivity index (χ2v) is 18.3. The molecule has 1 saturated heterocycles. The van der Waals surface area contributed by atoms with Crippen LogP contribution < -0.4 is 5.32 Å². The number of aliphatic hydroxyl groups excluding tert-OH is 3. The Bertz CT molecular complexity index is 1210. The Morgan fingerprint density at radius 3 is 1.63 bits per heavy atom. The lowest BCUT2D eigenvalue weighted by Crippen LogP contribution is -2.64. The van der Waals surface area contributed by atoms with Crippen molar-refractivity contribution in [3.8, 4) is 0 Å². The summed E-state index contributed by atoms with van der Waals surface area (Å²) in [6.45, 7) is 2.34. The molecule has 0 aromatic heterocycles. The van der Waals surface area contributed by atoms with E-state index in [1.807, 2.05) is 0 Å². The first-order chi connectivity index (χ1) is 29.9. The van der Waals surface area contributed by atoms with E-state index in [0.29, 0.717) is 12.8 Å². The molecule has 0 radical (unpaired) electrons. The highest BCUT2D eigenvalue weighted by Crippen LogP contribution is 2.43. The lowest BCUT2D eigenvalue weighted by atomic mass is 9.97. The van der Waals surface area contributed by atoms with Gasteiger partial charge in [-0.15, -0.1) is 0 Å². The molecule has 0 aromatic rings. The Balaban J connectivity index is 2.42. The summed E-state index contributed by atoms with van der Waals surface area (Å²) in [5.41, 5.74) is 0. The molecule has 1 fully saturated rings. The molecule has 6 N–H and O–H groups in total. The highest BCUT2D eigenvalue weighted by atomic mass is 31.2. The number of phosphoric acid groups is 1. The first kappa shape index (κ1) is 58.3. The first-order valence-electron chi connectivity index (χ1n) is 24.3. The zero-order chi connectivity index (χ0) is 45.6. The molecule has 15 heteroatoms. The molecule has 1 aliphatic rings. The van der Waals surface area contributed by atoms with E-state index in [1.165, 1.54) is 77.0 Å². The number of rotatable bonds is 42. The van der Waals surface area contributed by atoms with Gasteiger partial charge in [-0.25, -0.2) is 4.57 Å². The van der Waals surface area contributed by atoms with Gasteiger partial charge in [0.25, 0.3) is 0 Å². The number of allylic oxidation sites excluding steroid dienone is 4. The Morgan fingerprint density at radius 1 is 0.677 bits per heavy atom. The molecule has 1 aliphatic heterocycles. The molecule has 1 heterocycles. The van der Waals surface area contributed by atoms with E-state index in [4.69, 9.17) is 23.3 Å². The average Bonchev–Trinajstić information content (AvgIpc) is 3.25. The number of carbonyl (C=O) groups is 2. The lowest BCUT2D eigenvalue weighted by Gasteiger charge is -2.41. The van der Waals surface area contributed by atoms with Crippen LogP contribution in [0.2, 0.25) is 0 Å². The van der Waals surface area contributed by atoms with Gasteiger partial charge >= 0.3 is 19.8 Å². The van der Waals surface area contributed by atoms with Crippen molar-refractivity contribution in [2.45, 2.75) is 224 Å². The molecule has 0 saturated carbocycles. The Hall–Kier alpha value is -1.71. The van der Waals surface area contributed by atoms with Gasteiger partial charge < -0.3 is 44.8 Å². The van der Waals surface area contributed by atoms with Gasteiger partial charge in [0.05, 0.1) is 26.4 Å². The SMILES string of the molecule is CCCCCCCC/C=C\CCCCCCCC(=O)OC[C@H](COP(=O)(O)OCCNC[C@@]1(O)OC[C@@H](O)[C@@H](O)[C@@H]1O)OC(=O)CCCCCCC/C=C\CCCCCCCC. The van der Waals surface area contributed by atoms with Crippen LogP contribution in [-0.2, 0) is 37.4 Å². The van der Waals surface area contributed by atoms with Crippen LogP contribution >= 0.6 is 7.82 Å². The van der Waals surface area contributed by atoms with Crippen molar-refractivity contribution in [1.29, 1.82) is 0 Å². The highest BCUT2D eigenvalue weighted by molar-refractivity contribution is 7.47. The maximum Gasteiger partial charge on any atom is 0.472 e. The number of carbonyl (C=O) groups excluding carboxylic acids is 2. The number of unbranched alkanes of at least 4 members (excludes halogenated alkanes) is 22. The summed E-state index contributed by atoms with van der Waals surface area (Å²) in [5, 5.41) is 42.6. The van der Waals surface area contributed by atoms with E-state index < -0.39 is 63.2 Å². The van der Waals surface area contributed by atoms with Crippen LogP contribution in [0.5, 0.6) is 0 Å². The summed E-state index contributed by atoms with van der Waals surface area (Å²) in [6, 6.07) is 0. The van der Waals surface area contributed by atoms with Gasteiger partial charge in [-0.3, -0.25) is 18.6 Å². The zero-order valence-electron chi connectivity index (χ0n) is 38.6. The minimum atomic E-state index is -4.65. The average molecular weight is 906 g/mol. The number of nitrogens with one attached hydrogen (secondary N) is 1. The summed E-state index contributed by atoms with van der Waals surface area (Å²) in [5.74, 6) is -3.17. The van der Waals surface area contributed by atoms with Crippen molar-refractivity contribution < 1.29 is 62.7 Å². The molecule has 0 aromatic carbocycles. The predicted molar refractivity (Wildman–Crippen MR) is 243 cm³/mol. The van der Waals surface area contributed by atoms with Gasteiger partial charge in [-0.05, 0) is 64.2 Å². The molecule has 0 spiro atoms. The van der Waals surface area contributed by atoms with Crippen LogP contribution in [0.3, 0.4) is 0 Å². The van der Waals surface area contributed by atoms with Gasteiger partial charge in [-0.1, -0.05) is 141 Å². The minimum Gasteiger partial charge on any atom is -0.462 e. The van der Waals surface area contributed by atoms with E-state index in [0.717, 1.165) is 77.0 Å². The van der Waals surface area contributed by atoms with E-state index in [9.17, 15) is 39.5 Å². The van der Waals surface area contributed by atoms with Gasteiger partial charge in [0.1, 0.15) is 24.9 Å². The third-order valence-electron chi connectivity index (χ3n) is 11.0. The topological polar surface area (TPSA) is 211 Å². The van der Waals surface area contributed by atoms with E-state index >= 15 is 0 Å². The standard InChI is InChI=1S/C47H88NO13P/c1-3-5-7-9-11-13-15-17-19-21-23-25-27-29-31-33-43(50)57-37-41(61-44(51)34-32-30-28-26-24-22-20-18-16-14-12-10-8-6-4-2)38-60-62(55,56)59-36-35-48-40-47(54)46(53)45(52)42(49)39-58-47/h17-20,41-42,45-46,48-49,52-54H,3-16,21-40H2,1-2H3,(H,55,56)/b19-17-,20-18-/t41-,42-,45-,46+,47-/m1/s1. The molecule has 0 amide bonds. The lowest BCUT2D eigenvalue weighted by molar-refractivity contribution is -0.317. The van der Waals surface area contributed by atoms with Crippen molar-refractivity contribution in [2.75, 3.05) is 39.5 Å². The monoisotopic (exact) mass is 906 g/mol. The van der Waals surface area contributed by atoms with Crippen molar-refractivity contribution >= 4 is 19.8 Å². The summed E-state index contributed by atoms with van der Waals surface area (Å²) in [7, 11) is -4.65. The molecule has 0 bridgehead atoms. The predicted octanol–water partition coefficient (Wildman–Crippen LogP) is 9.04. The largest absolute Gasteiger partial charge is 0.472 e. The van der Waals surface area contributed by atoms with Crippen molar-refractivity contribution in [3.05, 3.63) is 24.3 Å². The normalized spacial score (nSPS) is 20.8. The maximum atomic E-state index is 12.8. The van der Waals surface area contributed by atoms with Crippen LogP contribution in [0.15, 0.2) is 24.3 Å². The summed E-state index contributed by atoms with van der Waals surface area (Å²) in [4.78, 5) is 35.6. The van der Waals surface area contributed by atoms with Gasteiger partial charge in [0.15, 0.2) is 6.10 Å². The van der Waals surface area contributed by atoms with E-state index in [-0.39, 0.29) is 39.1 Å². The maximum absolute atomic E-state index is 12.8. The second kappa shape index (κ2) is 38.5. The van der Waals surface area contributed by atoms with Crippen LogP contribution in [0, 0.1) is 0 Å². The number of hydrogen-bond donors (Lipinski definition) is 6. The van der Waals surface area contributed by atoms with Crippen molar-refractivity contribution in [3.63, 3.8) is 0 Å². The summed E-state index contributed by atoms with van der Waals surface area (Å²) >= 11 is 0. The van der Waals surface area contributed by atoms with E-state index in [1.54, 1.807) is 0 Å². The molecular formula is C47H88NO13P. The minimum absolute atomic E-state index is 0.0900. The van der Waals surface area contributed by atoms with Crippen LogP contribution in [-0.4, -0.2) is 107 Å². The Morgan fingerprint density at radius 2 is 1.13 bits per heavy atom. The Labute approximate surface area is 374 Å². The highest BCUT2D eigenvalue weighted by Gasteiger charge is 2.48. The fourth-order valence-corrected chi connectivity index (χ4v) is 7.81. The number of phosphoric ester groups is 1. The quantitative estimate of drug-likeness (QED) is 0.0146. The fraction of sp³-hybridized carbons (Fsp3) is 0.872. The molecule has 364 valence electrons.